The highest BCUT2D eigenvalue weighted by Crippen LogP contribution is 2.72. The number of nitrogens with one attached hydrogen (secondary N) is 1. The van der Waals surface area contributed by atoms with Crippen LogP contribution in [0, 0.1) is 5.41 Å². The normalized spacial score (nSPS) is 27.0. The van der Waals surface area contributed by atoms with Crippen LogP contribution in [0.1, 0.15) is 56.9 Å². The minimum atomic E-state index is -0.311. The highest BCUT2D eigenvalue weighted by molar-refractivity contribution is 5.93. The molecular weight excluding hydrogens is 312 g/mol. The Bertz CT molecular complexity index is 651. The van der Waals surface area contributed by atoms with Gasteiger partial charge in [-0.15, -0.1) is 0 Å². The summed E-state index contributed by atoms with van der Waals surface area (Å²) in [5.74, 6) is 0.465. The first-order valence-corrected chi connectivity index (χ1v) is 9.80. The summed E-state index contributed by atoms with van der Waals surface area (Å²) in [5.41, 5.74) is 1.07. The van der Waals surface area contributed by atoms with Crippen LogP contribution >= 0.6 is 0 Å². The Morgan fingerprint density at radius 3 is 2.56 bits per heavy atom. The fourth-order valence-electron chi connectivity index (χ4n) is 5.27. The van der Waals surface area contributed by atoms with Gasteiger partial charge in [-0.3, -0.25) is 9.59 Å². The highest BCUT2D eigenvalue weighted by atomic mass is 16.2. The van der Waals surface area contributed by atoms with Crippen LogP contribution in [0.15, 0.2) is 30.3 Å². The number of nitrogens with zero attached hydrogens (tertiary/aromatic N) is 1. The van der Waals surface area contributed by atoms with Gasteiger partial charge in [-0.2, -0.15) is 0 Å². The minimum absolute atomic E-state index is 0.198. The van der Waals surface area contributed by atoms with Crippen LogP contribution in [0.4, 0.5) is 0 Å². The molecule has 3 aliphatic rings. The van der Waals surface area contributed by atoms with E-state index in [1.165, 1.54) is 31.2 Å². The molecule has 4 rings (SSSR count). The molecule has 2 aliphatic carbocycles. The van der Waals surface area contributed by atoms with Crippen molar-refractivity contribution < 1.29 is 9.59 Å². The number of hydrogen-bond donors (Lipinski definition) is 1. The number of benzene rings is 1. The van der Waals surface area contributed by atoms with Crippen molar-refractivity contribution in [2.75, 3.05) is 19.6 Å². The lowest BCUT2D eigenvalue weighted by Crippen LogP contribution is -2.39. The molecule has 0 bridgehead atoms. The molecule has 1 spiro atoms. The van der Waals surface area contributed by atoms with Crippen LogP contribution in [0.3, 0.4) is 0 Å². The number of likely N-dealkylation sites (tertiary alicyclic amines) is 1. The molecule has 1 atom stereocenters. The van der Waals surface area contributed by atoms with Gasteiger partial charge in [-0.1, -0.05) is 43.2 Å². The van der Waals surface area contributed by atoms with Gasteiger partial charge >= 0.3 is 0 Å². The fourth-order valence-corrected chi connectivity index (χ4v) is 5.27. The predicted molar refractivity (Wildman–Crippen MR) is 97.1 cm³/mol. The van der Waals surface area contributed by atoms with E-state index in [2.05, 4.69) is 17.4 Å². The van der Waals surface area contributed by atoms with Gasteiger partial charge in [-0.25, -0.2) is 0 Å². The quantitative estimate of drug-likeness (QED) is 0.809. The van der Waals surface area contributed by atoms with E-state index >= 15 is 0 Å². The Hall–Kier alpha value is -1.84. The molecule has 4 nitrogen and oxygen atoms in total. The van der Waals surface area contributed by atoms with Crippen molar-refractivity contribution in [1.29, 1.82) is 0 Å². The van der Waals surface area contributed by atoms with Crippen molar-refractivity contribution in [2.24, 2.45) is 5.41 Å². The zero-order chi connectivity index (χ0) is 17.3. The largest absolute Gasteiger partial charge is 0.355 e. The molecule has 0 aromatic heterocycles. The second-order valence-corrected chi connectivity index (χ2v) is 8.03. The summed E-state index contributed by atoms with van der Waals surface area (Å²) >= 11 is 0. The van der Waals surface area contributed by atoms with E-state index in [1.807, 2.05) is 23.1 Å². The Kier molecular flexibility index (Phi) is 4.30. The molecule has 1 N–H and O–H groups in total. The SMILES string of the molecule is O=C1CCCN1CCCNC(=O)[C@@]1(c2ccccc2)CC12CCCC2. The molecule has 0 radical (unpaired) electrons. The number of amides is 2. The molecule has 2 saturated carbocycles. The van der Waals surface area contributed by atoms with Crippen LogP contribution in [-0.2, 0) is 15.0 Å². The van der Waals surface area contributed by atoms with Gasteiger partial charge in [0.2, 0.25) is 11.8 Å². The lowest BCUT2D eigenvalue weighted by Gasteiger charge is -2.23. The number of carbonyl (C=O) groups is 2. The average Bonchev–Trinajstić information content (AvgIpc) is 2.89. The summed E-state index contributed by atoms with van der Waals surface area (Å²) in [6.07, 6.45) is 8.36. The second-order valence-electron chi connectivity index (χ2n) is 8.03. The van der Waals surface area contributed by atoms with Crippen LogP contribution in [0.5, 0.6) is 0 Å². The summed E-state index contributed by atoms with van der Waals surface area (Å²) in [7, 11) is 0. The molecule has 1 heterocycles. The lowest BCUT2D eigenvalue weighted by atomic mass is 9.84. The maximum Gasteiger partial charge on any atom is 0.231 e. The maximum atomic E-state index is 13.2. The third-order valence-electron chi connectivity index (χ3n) is 6.66. The zero-order valence-electron chi connectivity index (χ0n) is 14.9. The number of rotatable bonds is 6. The molecule has 1 aromatic carbocycles. The minimum Gasteiger partial charge on any atom is -0.355 e. The predicted octanol–water partition coefficient (Wildman–Crippen LogP) is 3.02. The van der Waals surface area contributed by atoms with E-state index < -0.39 is 0 Å². The van der Waals surface area contributed by atoms with E-state index in [9.17, 15) is 9.59 Å². The molecule has 134 valence electrons. The molecule has 1 aromatic rings. The maximum absolute atomic E-state index is 13.2. The van der Waals surface area contributed by atoms with Crippen LogP contribution in [-0.4, -0.2) is 36.3 Å². The van der Waals surface area contributed by atoms with Gasteiger partial charge in [0.25, 0.3) is 0 Å². The van der Waals surface area contributed by atoms with E-state index in [1.54, 1.807) is 0 Å². The van der Waals surface area contributed by atoms with Crippen molar-refractivity contribution in [1.82, 2.24) is 10.2 Å². The molecule has 0 unspecified atom stereocenters. The van der Waals surface area contributed by atoms with E-state index in [-0.39, 0.29) is 22.6 Å². The molecule has 2 amide bonds. The van der Waals surface area contributed by atoms with Gasteiger partial charge < -0.3 is 10.2 Å². The fraction of sp³-hybridized carbons (Fsp3) is 0.619. The van der Waals surface area contributed by atoms with E-state index in [0.717, 1.165) is 32.4 Å². The first-order valence-electron chi connectivity index (χ1n) is 9.80. The lowest BCUT2D eigenvalue weighted by molar-refractivity contribution is -0.127. The summed E-state index contributed by atoms with van der Waals surface area (Å²) in [5, 5.41) is 3.20. The monoisotopic (exact) mass is 340 g/mol. The third kappa shape index (κ3) is 2.76. The topological polar surface area (TPSA) is 49.4 Å². The molecule has 1 aliphatic heterocycles. The molecular formula is C21H28N2O2. The Balaban J connectivity index is 1.39. The molecule has 1 saturated heterocycles. The van der Waals surface area contributed by atoms with E-state index in [0.29, 0.717) is 13.0 Å². The number of hydrogen-bond acceptors (Lipinski definition) is 2. The van der Waals surface area contributed by atoms with Crippen molar-refractivity contribution in [3.63, 3.8) is 0 Å². The Morgan fingerprint density at radius 1 is 1.12 bits per heavy atom. The van der Waals surface area contributed by atoms with Crippen LogP contribution in [0.25, 0.3) is 0 Å². The molecule has 3 fully saturated rings. The van der Waals surface area contributed by atoms with Crippen molar-refractivity contribution in [3.8, 4) is 0 Å². The summed E-state index contributed by atoms with van der Waals surface area (Å²) in [4.78, 5) is 26.7. The van der Waals surface area contributed by atoms with Gasteiger partial charge in [0.05, 0.1) is 5.41 Å². The smallest absolute Gasteiger partial charge is 0.231 e. The Labute approximate surface area is 150 Å². The van der Waals surface area contributed by atoms with Gasteiger partial charge in [0.1, 0.15) is 0 Å². The van der Waals surface area contributed by atoms with E-state index in [4.69, 9.17) is 0 Å². The van der Waals surface area contributed by atoms with Gasteiger partial charge in [-0.05, 0) is 43.1 Å². The Morgan fingerprint density at radius 2 is 1.88 bits per heavy atom. The van der Waals surface area contributed by atoms with Gasteiger partial charge in [0, 0.05) is 26.1 Å². The summed E-state index contributed by atoms with van der Waals surface area (Å²) in [6.45, 7) is 2.31. The molecule has 4 heteroatoms. The second kappa shape index (κ2) is 6.47. The van der Waals surface area contributed by atoms with Crippen molar-refractivity contribution >= 4 is 11.8 Å². The average molecular weight is 340 g/mol. The first-order chi connectivity index (χ1) is 12.2. The highest BCUT2D eigenvalue weighted by Gasteiger charge is 2.72. The zero-order valence-corrected chi connectivity index (χ0v) is 14.9. The summed E-state index contributed by atoms with van der Waals surface area (Å²) in [6, 6.07) is 10.4. The van der Waals surface area contributed by atoms with Gasteiger partial charge in [0.15, 0.2) is 0 Å². The first kappa shape index (κ1) is 16.6. The van der Waals surface area contributed by atoms with Crippen LogP contribution < -0.4 is 5.32 Å². The standard InChI is InChI=1S/C21H28N2O2/c24-18-10-6-14-23(18)15-7-13-22-19(25)21(17-8-2-1-3-9-17)16-20(21)11-4-5-12-20/h1-3,8-9H,4-7,10-16H2,(H,22,25)/t21-/m0/s1. The third-order valence-corrected chi connectivity index (χ3v) is 6.66. The van der Waals surface area contributed by atoms with Crippen LogP contribution in [0.2, 0.25) is 0 Å². The number of carbonyl (C=O) groups excluding carboxylic acids is 2. The van der Waals surface area contributed by atoms with Crippen molar-refractivity contribution in [2.45, 2.75) is 56.8 Å². The van der Waals surface area contributed by atoms with Crippen molar-refractivity contribution in [3.05, 3.63) is 35.9 Å². The molecule has 25 heavy (non-hydrogen) atoms. The summed E-state index contributed by atoms with van der Waals surface area (Å²) < 4.78 is 0.